The molecule has 0 aromatic heterocycles. The molecule has 0 fully saturated rings. The molecule has 15 heavy (non-hydrogen) atoms. The minimum atomic E-state index is -0.0861. The van der Waals surface area contributed by atoms with Crippen LogP contribution in [-0.4, -0.2) is 44.7 Å². The van der Waals surface area contributed by atoms with Gasteiger partial charge in [-0.15, -0.1) is 0 Å². The molecular formula is C10H23N3O2. The van der Waals surface area contributed by atoms with E-state index in [0.29, 0.717) is 6.42 Å². The molecule has 5 heteroatoms. The van der Waals surface area contributed by atoms with Gasteiger partial charge in [-0.1, -0.05) is 0 Å². The number of rotatable bonds is 9. The lowest BCUT2D eigenvalue weighted by Crippen LogP contribution is -2.30. The van der Waals surface area contributed by atoms with Crippen molar-refractivity contribution >= 4 is 5.91 Å². The van der Waals surface area contributed by atoms with Crippen molar-refractivity contribution in [1.29, 1.82) is 0 Å². The van der Waals surface area contributed by atoms with E-state index in [1.807, 2.05) is 0 Å². The first kappa shape index (κ1) is 14.3. The maximum atomic E-state index is 10.8. The summed E-state index contributed by atoms with van der Waals surface area (Å²) in [6, 6.07) is 0. The van der Waals surface area contributed by atoms with Crippen molar-refractivity contribution < 1.29 is 9.53 Å². The minimum absolute atomic E-state index is 0.0861. The van der Waals surface area contributed by atoms with E-state index in [1.54, 1.807) is 7.11 Å². The number of ether oxygens (including phenoxy) is 1. The number of nitrogens with two attached hydrogens (primary N) is 1. The Morgan fingerprint density at radius 2 is 2.00 bits per heavy atom. The summed E-state index contributed by atoms with van der Waals surface area (Å²) in [4.78, 5) is 13.1. The van der Waals surface area contributed by atoms with Crippen LogP contribution in [0.15, 0.2) is 0 Å². The fourth-order valence-corrected chi connectivity index (χ4v) is 1.33. The lowest BCUT2D eigenvalue weighted by molar-refractivity contribution is -0.121. The highest BCUT2D eigenvalue weighted by Crippen LogP contribution is 1.98. The summed E-state index contributed by atoms with van der Waals surface area (Å²) in [5.74, 6) is 4.89. The molecule has 0 bridgehead atoms. The fraction of sp³-hybridized carbons (Fsp3) is 0.900. The number of hydrogen-bond donors (Lipinski definition) is 2. The van der Waals surface area contributed by atoms with Gasteiger partial charge in [0.2, 0.25) is 5.91 Å². The molecule has 0 aliphatic heterocycles. The lowest BCUT2D eigenvalue weighted by Gasteiger charge is -2.15. The number of nitrogens with one attached hydrogen (secondary N) is 1. The topological polar surface area (TPSA) is 67.6 Å². The van der Waals surface area contributed by atoms with Crippen LogP contribution < -0.4 is 11.3 Å². The van der Waals surface area contributed by atoms with E-state index in [1.165, 1.54) is 0 Å². The van der Waals surface area contributed by atoms with Crippen LogP contribution in [0, 0.1) is 0 Å². The summed E-state index contributed by atoms with van der Waals surface area (Å²) in [7, 11) is 3.80. The highest BCUT2D eigenvalue weighted by molar-refractivity contribution is 5.74. The second-order valence-corrected chi connectivity index (χ2v) is 3.67. The molecule has 5 nitrogen and oxygen atoms in total. The zero-order valence-corrected chi connectivity index (χ0v) is 9.79. The Hall–Kier alpha value is -0.650. The third-order valence-electron chi connectivity index (χ3n) is 2.24. The van der Waals surface area contributed by atoms with Gasteiger partial charge in [-0.2, -0.15) is 0 Å². The largest absolute Gasteiger partial charge is 0.385 e. The van der Waals surface area contributed by atoms with Crippen LogP contribution in [0.5, 0.6) is 0 Å². The minimum Gasteiger partial charge on any atom is -0.385 e. The Bertz CT molecular complexity index is 165. The van der Waals surface area contributed by atoms with Gasteiger partial charge >= 0.3 is 0 Å². The zero-order chi connectivity index (χ0) is 11.5. The number of unbranched alkanes of at least 4 members (excludes halogenated alkanes) is 1. The van der Waals surface area contributed by atoms with Crippen LogP contribution in [0.4, 0.5) is 0 Å². The quantitative estimate of drug-likeness (QED) is 0.249. The Labute approximate surface area is 91.9 Å². The van der Waals surface area contributed by atoms with E-state index in [0.717, 1.165) is 39.0 Å². The van der Waals surface area contributed by atoms with Gasteiger partial charge in [-0.05, 0) is 32.9 Å². The molecule has 90 valence electrons. The van der Waals surface area contributed by atoms with Gasteiger partial charge in [-0.25, -0.2) is 5.84 Å². The Kier molecular flexibility index (Phi) is 9.46. The average Bonchev–Trinajstić information content (AvgIpc) is 2.24. The molecule has 0 heterocycles. The molecule has 0 aliphatic carbocycles. The van der Waals surface area contributed by atoms with Gasteiger partial charge in [0.25, 0.3) is 0 Å². The van der Waals surface area contributed by atoms with Gasteiger partial charge < -0.3 is 9.64 Å². The SMILES string of the molecule is COCCCN(C)CCCCC(=O)NN. The number of carbonyl (C=O) groups excluding carboxylic acids is 1. The van der Waals surface area contributed by atoms with Crippen LogP contribution in [0.25, 0.3) is 0 Å². The van der Waals surface area contributed by atoms with Crippen molar-refractivity contribution in [3.63, 3.8) is 0 Å². The lowest BCUT2D eigenvalue weighted by atomic mass is 10.2. The third kappa shape index (κ3) is 9.65. The molecule has 1 amide bonds. The first-order chi connectivity index (χ1) is 7.20. The number of methoxy groups -OCH3 is 1. The summed E-state index contributed by atoms with van der Waals surface area (Å²) in [5, 5.41) is 0. The molecule has 0 saturated carbocycles. The molecule has 0 aliphatic rings. The molecule has 0 spiro atoms. The number of hydrogen-bond acceptors (Lipinski definition) is 4. The first-order valence-electron chi connectivity index (χ1n) is 5.37. The van der Waals surface area contributed by atoms with Gasteiger partial charge in [-0.3, -0.25) is 10.2 Å². The van der Waals surface area contributed by atoms with Crippen LogP contribution in [0.3, 0.4) is 0 Å². The fourth-order valence-electron chi connectivity index (χ4n) is 1.33. The number of nitrogens with zero attached hydrogens (tertiary/aromatic N) is 1. The summed E-state index contributed by atoms with van der Waals surface area (Å²) < 4.78 is 4.97. The predicted octanol–water partition coefficient (Wildman–Crippen LogP) is 0.115. The van der Waals surface area contributed by atoms with Crippen molar-refractivity contribution in [3.8, 4) is 0 Å². The monoisotopic (exact) mass is 217 g/mol. The summed E-state index contributed by atoms with van der Waals surface area (Å²) in [6.45, 7) is 2.86. The van der Waals surface area contributed by atoms with Gasteiger partial charge in [0.15, 0.2) is 0 Å². The van der Waals surface area contributed by atoms with Crippen molar-refractivity contribution in [1.82, 2.24) is 10.3 Å². The number of hydrazine groups is 1. The standard InChI is InChI=1S/C10H23N3O2/c1-13(8-5-9-15-2)7-4-3-6-10(14)12-11/h3-9,11H2,1-2H3,(H,12,14). The van der Waals surface area contributed by atoms with Crippen molar-refractivity contribution in [3.05, 3.63) is 0 Å². The molecule has 0 atom stereocenters. The number of carbonyl (C=O) groups is 1. The second-order valence-electron chi connectivity index (χ2n) is 3.67. The molecule has 0 aromatic carbocycles. The van der Waals surface area contributed by atoms with Crippen LogP contribution >= 0.6 is 0 Å². The normalized spacial score (nSPS) is 10.7. The van der Waals surface area contributed by atoms with Crippen molar-refractivity contribution in [2.75, 3.05) is 33.9 Å². The van der Waals surface area contributed by atoms with E-state index in [-0.39, 0.29) is 5.91 Å². The third-order valence-corrected chi connectivity index (χ3v) is 2.24. The number of amides is 1. The zero-order valence-electron chi connectivity index (χ0n) is 9.79. The first-order valence-corrected chi connectivity index (χ1v) is 5.37. The highest BCUT2D eigenvalue weighted by Gasteiger charge is 2.00. The van der Waals surface area contributed by atoms with Crippen LogP contribution in [-0.2, 0) is 9.53 Å². The molecule has 0 unspecified atom stereocenters. The summed E-state index contributed by atoms with van der Waals surface area (Å²) in [6.07, 6.45) is 3.48. The van der Waals surface area contributed by atoms with E-state index in [2.05, 4.69) is 17.4 Å². The van der Waals surface area contributed by atoms with Gasteiger partial charge in [0, 0.05) is 26.7 Å². The van der Waals surface area contributed by atoms with Crippen LogP contribution in [0.1, 0.15) is 25.7 Å². The second kappa shape index (κ2) is 9.89. The van der Waals surface area contributed by atoms with E-state index < -0.39 is 0 Å². The molecule has 0 aromatic rings. The smallest absolute Gasteiger partial charge is 0.233 e. The van der Waals surface area contributed by atoms with Crippen LogP contribution in [0.2, 0.25) is 0 Å². The molecule has 0 radical (unpaired) electrons. The Balaban J connectivity index is 3.23. The summed E-state index contributed by atoms with van der Waals surface area (Å²) in [5.41, 5.74) is 2.13. The van der Waals surface area contributed by atoms with Gasteiger partial charge in [0.1, 0.15) is 0 Å². The molecule has 0 rings (SSSR count). The molecule has 0 saturated heterocycles. The molecule has 3 N–H and O–H groups in total. The van der Waals surface area contributed by atoms with Crippen molar-refractivity contribution in [2.24, 2.45) is 5.84 Å². The summed E-state index contributed by atoms with van der Waals surface area (Å²) >= 11 is 0. The highest BCUT2D eigenvalue weighted by atomic mass is 16.5. The molecular weight excluding hydrogens is 194 g/mol. The van der Waals surface area contributed by atoms with E-state index >= 15 is 0 Å². The van der Waals surface area contributed by atoms with E-state index in [9.17, 15) is 4.79 Å². The van der Waals surface area contributed by atoms with Gasteiger partial charge in [0.05, 0.1) is 0 Å². The predicted molar refractivity (Wildman–Crippen MR) is 60.2 cm³/mol. The maximum absolute atomic E-state index is 10.8. The maximum Gasteiger partial charge on any atom is 0.233 e. The van der Waals surface area contributed by atoms with Crippen molar-refractivity contribution in [2.45, 2.75) is 25.7 Å². The van der Waals surface area contributed by atoms with E-state index in [4.69, 9.17) is 10.6 Å². The Morgan fingerprint density at radius 3 is 2.60 bits per heavy atom. The Morgan fingerprint density at radius 1 is 1.33 bits per heavy atom. The average molecular weight is 217 g/mol.